The molecule has 0 fully saturated rings. The lowest BCUT2D eigenvalue weighted by molar-refractivity contribution is 0.306. The van der Waals surface area contributed by atoms with Crippen LogP contribution in [0.3, 0.4) is 0 Å². The Hall–Kier alpha value is -2.49. The van der Waals surface area contributed by atoms with Crippen molar-refractivity contribution in [3.8, 4) is 5.75 Å². The average Bonchev–Trinajstić information content (AvgIpc) is 2.88. The molecule has 0 radical (unpaired) electrons. The molecule has 0 aliphatic carbocycles. The number of hydrogen-bond donors (Lipinski definition) is 2. The van der Waals surface area contributed by atoms with Crippen LogP contribution in [0.5, 0.6) is 5.75 Å². The first-order valence-corrected chi connectivity index (χ1v) is 7.20. The molecule has 0 atom stereocenters. The molecule has 0 bridgehead atoms. The molecule has 0 aliphatic rings. The van der Waals surface area contributed by atoms with E-state index in [-0.39, 0.29) is 0 Å². The van der Waals surface area contributed by atoms with E-state index in [0.717, 1.165) is 46.7 Å². The zero-order valence-corrected chi connectivity index (χ0v) is 12.1. The van der Waals surface area contributed by atoms with Crippen molar-refractivity contribution in [2.45, 2.75) is 26.4 Å². The number of nitrogens with zero attached hydrogens (tertiary/aromatic N) is 1. The summed E-state index contributed by atoms with van der Waals surface area (Å²) in [6.45, 7) is 2.68. The average molecular weight is 281 g/mol. The molecule has 1 aromatic heterocycles. The standard InChI is InChI=1S/C17H19N3O/c1-2-3-17-19-15-9-8-14(10-16(15)20-17)21-11-12-4-6-13(18)7-5-12/h4-10H,2-3,11,18H2,1H3,(H,19,20). The number of rotatable bonds is 5. The van der Waals surface area contributed by atoms with Crippen molar-refractivity contribution in [3.05, 3.63) is 53.9 Å². The third-order valence-corrected chi connectivity index (χ3v) is 3.37. The summed E-state index contributed by atoms with van der Waals surface area (Å²) in [6.07, 6.45) is 2.05. The molecule has 2 aromatic carbocycles. The van der Waals surface area contributed by atoms with Gasteiger partial charge in [0.2, 0.25) is 0 Å². The first kappa shape index (κ1) is 13.5. The predicted octanol–water partition coefficient (Wildman–Crippen LogP) is 3.68. The van der Waals surface area contributed by atoms with E-state index >= 15 is 0 Å². The van der Waals surface area contributed by atoms with E-state index in [1.807, 2.05) is 42.5 Å². The summed E-state index contributed by atoms with van der Waals surface area (Å²) in [5.74, 6) is 1.87. The number of nitrogens with one attached hydrogen (secondary N) is 1. The Morgan fingerprint density at radius 2 is 1.95 bits per heavy atom. The highest BCUT2D eigenvalue weighted by atomic mass is 16.5. The topological polar surface area (TPSA) is 63.9 Å². The van der Waals surface area contributed by atoms with Crippen LogP contribution in [-0.4, -0.2) is 9.97 Å². The van der Waals surface area contributed by atoms with E-state index in [1.54, 1.807) is 0 Å². The molecule has 108 valence electrons. The summed E-state index contributed by atoms with van der Waals surface area (Å²) in [5.41, 5.74) is 9.54. The van der Waals surface area contributed by atoms with Gasteiger partial charge in [-0.25, -0.2) is 4.98 Å². The number of hydrogen-bond acceptors (Lipinski definition) is 3. The van der Waals surface area contributed by atoms with Gasteiger partial charge < -0.3 is 15.5 Å². The molecule has 0 saturated carbocycles. The number of aromatic amines is 1. The monoisotopic (exact) mass is 281 g/mol. The lowest BCUT2D eigenvalue weighted by Crippen LogP contribution is -1.95. The van der Waals surface area contributed by atoms with E-state index < -0.39 is 0 Å². The van der Waals surface area contributed by atoms with Crippen molar-refractivity contribution in [1.29, 1.82) is 0 Å². The number of nitrogens with two attached hydrogens (primary N) is 1. The van der Waals surface area contributed by atoms with Crippen LogP contribution in [0, 0.1) is 0 Å². The zero-order valence-electron chi connectivity index (χ0n) is 12.1. The number of aryl methyl sites for hydroxylation is 1. The van der Waals surface area contributed by atoms with E-state index in [4.69, 9.17) is 10.5 Å². The number of anilines is 1. The fraction of sp³-hybridized carbons (Fsp3) is 0.235. The van der Waals surface area contributed by atoms with Crippen molar-refractivity contribution in [3.63, 3.8) is 0 Å². The number of imidazole rings is 1. The fourth-order valence-corrected chi connectivity index (χ4v) is 2.27. The smallest absolute Gasteiger partial charge is 0.122 e. The molecule has 3 N–H and O–H groups in total. The van der Waals surface area contributed by atoms with Crippen LogP contribution < -0.4 is 10.5 Å². The first-order chi connectivity index (χ1) is 10.2. The molecule has 4 heteroatoms. The quantitative estimate of drug-likeness (QED) is 0.701. The molecule has 0 aliphatic heterocycles. The van der Waals surface area contributed by atoms with E-state index in [0.29, 0.717) is 6.61 Å². The van der Waals surface area contributed by atoms with Crippen LogP contribution in [0.4, 0.5) is 5.69 Å². The van der Waals surface area contributed by atoms with Crippen LogP contribution in [0.15, 0.2) is 42.5 Å². The number of nitrogen functional groups attached to an aromatic ring is 1. The van der Waals surface area contributed by atoms with Gasteiger partial charge >= 0.3 is 0 Å². The highest BCUT2D eigenvalue weighted by Crippen LogP contribution is 2.20. The zero-order chi connectivity index (χ0) is 14.7. The predicted molar refractivity (Wildman–Crippen MR) is 85.3 cm³/mol. The second-order valence-electron chi connectivity index (χ2n) is 5.14. The van der Waals surface area contributed by atoms with Gasteiger partial charge in [0.15, 0.2) is 0 Å². The Labute approximate surface area is 124 Å². The normalized spacial score (nSPS) is 10.9. The second kappa shape index (κ2) is 5.87. The molecule has 0 amide bonds. The minimum absolute atomic E-state index is 0.530. The van der Waals surface area contributed by atoms with Crippen molar-refractivity contribution in [1.82, 2.24) is 9.97 Å². The molecular formula is C17H19N3O. The molecule has 3 rings (SSSR count). The van der Waals surface area contributed by atoms with Gasteiger partial charge in [-0.05, 0) is 36.2 Å². The summed E-state index contributed by atoms with van der Waals surface area (Å²) in [5, 5.41) is 0. The first-order valence-electron chi connectivity index (χ1n) is 7.20. The van der Waals surface area contributed by atoms with Crippen LogP contribution >= 0.6 is 0 Å². The van der Waals surface area contributed by atoms with Gasteiger partial charge in [-0.3, -0.25) is 0 Å². The molecule has 21 heavy (non-hydrogen) atoms. The number of aromatic nitrogens is 2. The third-order valence-electron chi connectivity index (χ3n) is 3.37. The number of ether oxygens (including phenoxy) is 1. The minimum Gasteiger partial charge on any atom is -0.489 e. The van der Waals surface area contributed by atoms with Crippen LogP contribution in [0.25, 0.3) is 11.0 Å². The lowest BCUT2D eigenvalue weighted by atomic mass is 10.2. The summed E-state index contributed by atoms with van der Waals surface area (Å²) in [7, 11) is 0. The van der Waals surface area contributed by atoms with Crippen LogP contribution in [0.2, 0.25) is 0 Å². The van der Waals surface area contributed by atoms with Gasteiger partial charge in [-0.15, -0.1) is 0 Å². The van der Waals surface area contributed by atoms with Gasteiger partial charge in [0.25, 0.3) is 0 Å². The molecular weight excluding hydrogens is 262 g/mol. The SMILES string of the molecule is CCCc1nc2ccc(OCc3ccc(N)cc3)cc2[nH]1. The minimum atomic E-state index is 0.530. The van der Waals surface area contributed by atoms with Gasteiger partial charge in [-0.2, -0.15) is 0 Å². The summed E-state index contributed by atoms with van der Waals surface area (Å²) >= 11 is 0. The highest BCUT2D eigenvalue weighted by Gasteiger charge is 2.04. The maximum Gasteiger partial charge on any atom is 0.122 e. The molecule has 4 nitrogen and oxygen atoms in total. The van der Waals surface area contributed by atoms with Gasteiger partial charge in [-0.1, -0.05) is 19.1 Å². The Bertz CT molecular complexity index is 731. The van der Waals surface area contributed by atoms with E-state index in [9.17, 15) is 0 Å². The van der Waals surface area contributed by atoms with Crippen molar-refractivity contribution >= 4 is 16.7 Å². The number of benzene rings is 2. The van der Waals surface area contributed by atoms with Crippen molar-refractivity contribution in [2.24, 2.45) is 0 Å². The van der Waals surface area contributed by atoms with Gasteiger partial charge in [0.05, 0.1) is 11.0 Å². The number of H-pyrrole nitrogens is 1. The molecule has 1 heterocycles. The Morgan fingerprint density at radius 1 is 1.14 bits per heavy atom. The van der Waals surface area contributed by atoms with Crippen LogP contribution in [-0.2, 0) is 13.0 Å². The molecule has 3 aromatic rings. The van der Waals surface area contributed by atoms with Crippen LogP contribution in [0.1, 0.15) is 24.7 Å². The number of fused-ring (bicyclic) bond motifs is 1. The Kier molecular flexibility index (Phi) is 3.77. The van der Waals surface area contributed by atoms with E-state index in [2.05, 4.69) is 16.9 Å². The molecule has 0 spiro atoms. The second-order valence-corrected chi connectivity index (χ2v) is 5.14. The summed E-state index contributed by atoms with van der Waals surface area (Å²) in [6, 6.07) is 13.7. The Morgan fingerprint density at radius 3 is 2.71 bits per heavy atom. The highest BCUT2D eigenvalue weighted by molar-refractivity contribution is 5.76. The van der Waals surface area contributed by atoms with Gasteiger partial charge in [0.1, 0.15) is 18.2 Å². The van der Waals surface area contributed by atoms with E-state index in [1.165, 1.54) is 0 Å². The third kappa shape index (κ3) is 3.16. The fourth-order valence-electron chi connectivity index (χ4n) is 2.27. The largest absolute Gasteiger partial charge is 0.489 e. The van der Waals surface area contributed by atoms with Crippen molar-refractivity contribution in [2.75, 3.05) is 5.73 Å². The molecule has 0 unspecified atom stereocenters. The summed E-state index contributed by atoms with van der Waals surface area (Å²) in [4.78, 5) is 7.88. The van der Waals surface area contributed by atoms with Crippen molar-refractivity contribution < 1.29 is 4.74 Å². The summed E-state index contributed by atoms with van der Waals surface area (Å²) < 4.78 is 5.82. The maximum absolute atomic E-state index is 5.82. The Balaban J connectivity index is 1.73. The maximum atomic E-state index is 5.82. The van der Waals surface area contributed by atoms with Gasteiger partial charge in [0, 0.05) is 18.2 Å². The molecule has 0 saturated heterocycles. The lowest BCUT2D eigenvalue weighted by Gasteiger charge is -2.06.